The van der Waals surface area contributed by atoms with Gasteiger partial charge in [-0.3, -0.25) is 15.6 Å². The first kappa shape index (κ1) is 16.6. The van der Waals surface area contributed by atoms with E-state index in [2.05, 4.69) is 16.2 Å². The van der Waals surface area contributed by atoms with Crippen molar-refractivity contribution in [1.29, 1.82) is 0 Å². The van der Waals surface area contributed by atoms with Gasteiger partial charge >= 0.3 is 0 Å². The Balaban J connectivity index is 1.83. The molecule has 1 aromatic carbocycles. The average Bonchev–Trinajstić information content (AvgIpc) is 3.08. The zero-order valence-electron chi connectivity index (χ0n) is 14.5. The summed E-state index contributed by atoms with van der Waals surface area (Å²) in [4.78, 5) is 12.4. The second-order valence-corrected chi connectivity index (χ2v) is 7.46. The van der Waals surface area contributed by atoms with E-state index in [9.17, 15) is 4.79 Å². The third-order valence-corrected chi connectivity index (χ3v) is 5.87. The van der Waals surface area contributed by atoms with Crippen LogP contribution >= 0.6 is 11.6 Å². The van der Waals surface area contributed by atoms with Crippen LogP contribution in [0.4, 0.5) is 5.82 Å². The molecule has 7 heteroatoms. The van der Waals surface area contributed by atoms with E-state index in [4.69, 9.17) is 16.7 Å². The highest BCUT2D eigenvalue weighted by Gasteiger charge is 2.43. The quantitative estimate of drug-likeness (QED) is 0.720. The molecule has 2 aromatic rings. The molecule has 1 saturated heterocycles. The van der Waals surface area contributed by atoms with E-state index in [-0.39, 0.29) is 29.3 Å². The first-order valence-corrected chi connectivity index (χ1v) is 9.01. The van der Waals surface area contributed by atoms with Crippen molar-refractivity contribution in [3.8, 4) is 5.69 Å². The SMILES string of the molecule is Cc1ccccc1-n1nc(C)c2c1NC(=O)CC2C1NNC(C)C1Cl. The number of carbonyl (C=O) groups is 1. The van der Waals surface area contributed by atoms with Gasteiger partial charge < -0.3 is 5.32 Å². The normalized spacial score (nSPS) is 28.7. The number of halogens is 1. The fraction of sp³-hybridized carbons (Fsp3) is 0.444. The zero-order valence-corrected chi connectivity index (χ0v) is 15.3. The van der Waals surface area contributed by atoms with Gasteiger partial charge in [-0.15, -0.1) is 11.6 Å². The van der Waals surface area contributed by atoms with Crippen LogP contribution in [0.3, 0.4) is 0 Å². The molecule has 6 nitrogen and oxygen atoms in total. The summed E-state index contributed by atoms with van der Waals surface area (Å²) in [5, 5.41) is 7.67. The Morgan fingerprint density at radius 3 is 2.68 bits per heavy atom. The Morgan fingerprint density at radius 1 is 1.24 bits per heavy atom. The number of benzene rings is 1. The standard InChI is InChI=1S/C18H22ClN5O/c1-9-6-4-5-7-13(9)24-18-15(10(2)23-24)12(8-14(25)20-18)17-16(19)11(3)21-22-17/h4-7,11-12,16-17,21-22H,8H2,1-3H3,(H,20,25). The minimum absolute atomic E-state index is 0.00236. The van der Waals surface area contributed by atoms with E-state index in [1.54, 1.807) is 0 Å². The van der Waals surface area contributed by atoms with Gasteiger partial charge in [0.15, 0.2) is 0 Å². The van der Waals surface area contributed by atoms with Crippen molar-refractivity contribution in [3.63, 3.8) is 0 Å². The molecular weight excluding hydrogens is 338 g/mol. The molecule has 4 rings (SSSR count). The van der Waals surface area contributed by atoms with Crippen molar-refractivity contribution in [2.24, 2.45) is 0 Å². The third-order valence-electron chi connectivity index (χ3n) is 5.22. The zero-order chi connectivity index (χ0) is 17.7. The van der Waals surface area contributed by atoms with Crippen LogP contribution in [-0.4, -0.2) is 33.1 Å². The van der Waals surface area contributed by atoms with E-state index in [1.165, 1.54) is 0 Å². The maximum atomic E-state index is 12.4. The Bertz CT molecular complexity index is 833. The topological polar surface area (TPSA) is 71.0 Å². The number of para-hydroxylation sites is 1. The maximum Gasteiger partial charge on any atom is 0.226 e. The van der Waals surface area contributed by atoms with Crippen LogP contribution in [0.15, 0.2) is 24.3 Å². The van der Waals surface area contributed by atoms with Crippen molar-refractivity contribution < 1.29 is 4.79 Å². The van der Waals surface area contributed by atoms with Crippen LogP contribution in [-0.2, 0) is 4.79 Å². The highest BCUT2D eigenvalue weighted by Crippen LogP contribution is 2.41. The smallest absolute Gasteiger partial charge is 0.226 e. The summed E-state index contributed by atoms with van der Waals surface area (Å²) in [6, 6.07) is 8.16. The van der Waals surface area contributed by atoms with Crippen LogP contribution in [0, 0.1) is 13.8 Å². The Kier molecular flexibility index (Phi) is 4.06. The number of nitrogens with zero attached hydrogens (tertiary/aromatic N) is 2. The molecule has 25 heavy (non-hydrogen) atoms. The van der Waals surface area contributed by atoms with Gasteiger partial charge in [0.1, 0.15) is 5.82 Å². The van der Waals surface area contributed by atoms with Gasteiger partial charge in [-0.25, -0.2) is 4.68 Å². The van der Waals surface area contributed by atoms with Crippen molar-refractivity contribution in [2.45, 2.75) is 50.6 Å². The number of hydrogen-bond acceptors (Lipinski definition) is 4. The number of aryl methyl sites for hydroxylation is 2. The van der Waals surface area contributed by atoms with Gasteiger partial charge in [-0.1, -0.05) is 18.2 Å². The lowest BCUT2D eigenvalue weighted by Crippen LogP contribution is -2.41. The molecule has 0 radical (unpaired) electrons. The fourth-order valence-corrected chi connectivity index (χ4v) is 4.19. The molecule has 3 N–H and O–H groups in total. The van der Waals surface area contributed by atoms with Crippen LogP contribution < -0.4 is 16.2 Å². The Labute approximate surface area is 151 Å². The number of carbonyl (C=O) groups excluding carboxylic acids is 1. The predicted octanol–water partition coefficient (Wildman–Crippen LogP) is 2.39. The summed E-state index contributed by atoms with van der Waals surface area (Å²) in [7, 11) is 0. The van der Waals surface area contributed by atoms with Crippen molar-refractivity contribution in [1.82, 2.24) is 20.6 Å². The molecule has 0 spiro atoms. The van der Waals surface area contributed by atoms with Crippen molar-refractivity contribution >= 4 is 23.3 Å². The number of amides is 1. The predicted molar refractivity (Wildman–Crippen MR) is 98.2 cm³/mol. The number of rotatable bonds is 2. The van der Waals surface area contributed by atoms with Gasteiger partial charge in [0.25, 0.3) is 0 Å². The monoisotopic (exact) mass is 359 g/mol. The number of fused-ring (bicyclic) bond motifs is 1. The molecule has 4 unspecified atom stereocenters. The van der Waals surface area contributed by atoms with Crippen LogP contribution in [0.25, 0.3) is 5.69 Å². The van der Waals surface area contributed by atoms with Crippen LogP contribution in [0.1, 0.15) is 36.1 Å². The molecule has 132 valence electrons. The third kappa shape index (κ3) is 2.65. The second-order valence-electron chi connectivity index (χ2n) is 6.95. The number of alkyl halides is 1. The molecule has 3 heterocycles. The summed E-state index contributed by atoms with van der Waals surface area (Å²) in [6.45, 7) is 6.07. The summed E-state index contributed by atoms with van der Waals surface area (Å²) in [6.07, 6.45) is 0.405. The summed E-state index contributed by atoms with van der Waals surface area (Å²) >= 11 is 6.59. The highest BCUT2D eigenvalue weighted by molar-refractivity contribution is 6.21. The molecular formula is C18H22ClN5O. The molecule has 1 aromatic heterocycles. The molecule has 0 saturated carbocycles. The van der Waals surface area contributed by atoms with Crippen LogP contribution in [0.5, 0.6) is 0 Å². The van der Waals surface area contributed by atoms with Gasteiger partial charge in [0, 0.05) is 30.0 Å². The van der Waals surface area contributed by atoms with E-state index >= 15 is 0 Å². The van der Waals surface area contributed by atoms with Gasteiger partial charge in [-0.2, -0.15) is 5.10 Å². The van der Waals surface area contributed by atoms with Gasteiger partial charge in [0.2, 0.25) is 5.91 Å². The second kappa shape index (κ2) is 6.12. The number of hydrogen-bond donors (Lipinski definition) is 3. The molecule has 2 aliphatic rings. The molecule has 0 aliphatic carbocycles. The average molecular weight is 360 g/mol. The molecule has 1 fully saturated rings. The summed E-state index contributed by atoms with van der Waals surface area (Å²) in [5.41, 5.74) is 10.5. The first-order chi connectivity index (χ1) is 12.0. The molecule has 0 bridgehead atoms. The lowest BCUT2D eigenvalue weighted by molar-refractivity contribution is -0.117. The van der Waals surface area contributed by atoms with Gasteiger partial charge in [0.05, 0.1) is 16.8 Å². The highest BCUT2D eigenvalue weighted by atomic mass is 35.5. The first-order valence-electron chi connectivity index (χ1n) is 8.58. The minimum Gasteiger partial charge on any atom is -0.310 e. The lowest BCUT2D eigenvalue weighted by atomic mass is 9.84. The van der Waals surface area contributed by atoms with E-state index < -0.39 is 0 Å². The lowest BCUT2D eigenvalue weighted by Gasteiger charge is -2.30. The maximum absolute atomic E-state index is 12.4. The summed E-state index contributed by atoms with van der Waals surface area (Å²) < 4.78 is 1.85. The number of aromatic nitrogens is 2. The largest absolute Gasteiger partial charge is 0.310 e. The minimum atomic E-state index is -0.0926. The number of hydrazine groups is 1. The molecule has 4 atom stereocenters. The number of anilines is 1. The number of nitrogens with one attached hydrogen (secondary N) is 3. The van der Waals surface area contributed by atoms with E-state index in [1.807, 2.05) is 49.7 Å². The van der Waals surface area contributed by atoms with Crippen molar-refractivity contribution in [3.05, 3.63) is 41.1 Å². The van der Waals surface area contributed by atoms with Crippen molar-refractivity contribution in [2.75, 3.05) is 5.32 Å². The fourth-order valence-electron chi connectivity index (χ4n) is 3.89. The Hall–Kier alpha value is -1.89. The molecule has 2 aliphatic heterocycles. The summed E-state index contributed by atoms with van der Waals surface area (Å²) in [5.74, 6) is 0.747. The van der Waals surface area contributed by atoms with Gasteiger partial charge in [-0.05, 0) is 32.4 Å². The van der Waals surface area contributed by atoms with E-state index in [0.717, 1.165) is 28.3 Å². The van der Waals surface area contributed by atoms with Crippen LogP contribution in [0.2, 0.25) is 0 Å². The van der Waals surface area contributed by atoms with E-state index in [0.29, 0.717) is 6.42 Å². The Morgan fingerprint density at radius 2 is 2.00 bits per heavy atom. The molecule has 1 amide bonds.